The average Bonchev–Trinajstić information content (AvgIpc) is 2.38. The maximum Gasteiger partial charge on any atom is 0.223 e. The van der Waals surface area contributed by atoms with Crippen molar-refractivity contribution in [1.82, 2.24) is 5.32 Å². The summed E-state index contributed by atoms with van der Waals surface area (Å²) in [6.45, 7) is 6.50. The fraction of sp³-hybridized carbons (Fsp3) is 0.467. The Labute approximate surface area is 125 Å². The van der Waals surface area contributed by atoms with Gasteiger partial charge >= 0.3 is 0 Å². The van der Waals surface area contributed by atoms with Gasteiger partial charge in [-0.05, 0) is 18.1 Å². The number of hydrogen-bond acceptors (Lipinski definition) is 2. The molecule has 1 rings (SSSR count). The van der Waals surface area contributed by atoms with Gasteiger partial charge in [0.15, 0.2) is 0 Å². The molecule has 0 unspecified atom stereocenters. The molecule has 4 nitrogen and oxygen atoms in total. The third-order valence-corrected chi connectivity index (χ3v) is 3.11. The van der Waals surface area contributed by atoms with Gasteiger partial charge in [-0.2, -0.15) is 0 Å². The van der Waals surface area contributed by atoms with E-state index in [0.29, 0.717) is 29.7 Å². The number of nitrogens with zero attached hydrogens (tertiary/aromatic N) is 1. The summed E-state index contributed by atoms with van der Waals surface area (Å²) in [6.07, 6.45) is 0.261. The normalized spacial score (nSPS) is 10.4. The lowest BCUT2D eigenvalue weighted by molar-refractivity contribution is -0.121. The maximum atomic E-state index is 11.7. The van der Waals surface area contributed by atoms with Crippen LogP contribution in [0.2, 0.25) is 5.02 Å². The van der Waals surface area contributed by atoms with Crippen LogP contribution in [0.25, 0.3) is 0 Å². The van der Waals surface area contributed by atoms with Crippen LogP contribution in [-0.4, -0.2) is 24.9 Å². The van der Waals surface area contributed by atoms with Gasteiger partial charge in [0.05, 0.1) is 10.7 Å². The van der Waals surface area contributed by atoms with Crippen LogP contribution in [0.3, 0.4) is 0 Å². The number of benzene rings is 1. The van der Waals surface area contributed by atoms with Gasteiger partial charge in [0.2, 0.25) is 11.8 Å². The molecule has 0 aliphatic rings. The lowest BCUT2D eigenvalue weighted by Gasteiger charge is -2.22. The van der Waals surface area contributed by atoms with Crippen LogP contribution in [-0.2, 0) is 9.59 Å². The van der Waals surface area contributed by atoms with E-state index >= 15 is 0 Å². The van der Waals surface area contributed by atoms with E-state index in [4.69, 9.17) is 11.6 Å². The van der Waals surface area contributed by atoms with Crippen molar-refractivity contribution in [3.8, 4) is 0 Å². The van der Waals surface area contributed by atoms with Crippen LogP contribution in [0.5, 0.6) is 0 Å². The van der Waals surface area contributed by atoms with Crippen LogP contribution >= 0.6 is 11.6 Å². The highest BCUT2D eigenvalue weighted by Crippen LogP contribution is 2.25. The minimum Gasteiger partial charge on any atom is -0.356 e. The minimum absolute atomic E-state index is 0.0583. The van der Waals surface area contributed by atoms with Crippen LogP contribution in [0.4, 0.5) is 5.69 Å². The Morgan fingerprint density at radius 3 is 2.50 bits per heavy atom. The van der Waals surface area contributed by atoms with Crippen LogP contribution in [0, 0.1) is 5.92 Å². The Balaban J connectivity index is 2.64. The molecule has 0 aliphatic heterocycles. The molecule has 0 radical (unpaired) electrons. The molecule has 0 atom stereocenters. The van der Waals surface area contributed by atoms with E-state index in [1.165, 1.54) is 11.8 Å². The number of anilines is 1. The zero-order chi connectivity index (χ0) is 15.1. The van der Waals surface area contributed by atoms with E-state index < -0.39 is 0 Å². The molecule has 0 saturated carbocycles. The second-order valence-corrected chi connectivity index (χ2v) is 5.48. The van der Waals surface area contributed by atoms with Gasteiger partial charge in [0.25, 0.3) is 0 Å². The van der Waals surface area contributed by atoms with Gasteiger partial charge in [-0.25, -0.2) is 0 Å². The summed E-state index contributed by atoms with van der Waals surface area (Å²) in [5.41, 5.74) is 0.637. The summed E-state index contributed by atoms with van der Waals surface area (Å²) in [7, 11) is 0. The number of nitrogens with one attached hydrogen (secondary N) is 1. The van der Waals surface area contributed by atoms with Crippen molar-refractivity contribution in [2.24, 2.45) is 5.92 Å². The predicted molar refractivity (Wildman–Crippen MR) is 81.9 cm³/mol. The Hall–Kier alpha value is -1.55. The SMILES string of the molecule is CC(=O)N(CCC(=O)NCC(C)C)c1ccccc1Cl. The maximum absolute atomic E-state index is 11.7. The Morgan fingerprint density at radius 2 is 1.95 bits per heavy atom. The number of halogens is 1. The topological polar surface area (TPSA) is 49.4 Å². The molecule has 0 aromatic heterocycles. The van der Waals surface area contributed by atoms with Crippen LogP contribution in [0.15, 0.2) is 24.3 Å². The predicted octanol–water partition coefficient (Wildman–Crippen LogP) is 2.86. The second-order valence-electron chi connectivity index (χ2n) is 5.07. The Morgan fingerprint density at radius 1 is 1.30 bits per heavy atom. The molecule has 2 amide bonds. The third kappa shape index (κ3) is 5.21. The zero-order valence-corrected chi connectivity index (χ0v) is 12.9. The third-order valence-electron chi connectivity index (χ3n) is 2.79. The van der Waals surface area contributed by atoms with Gasteiger partial charge in [0, 0.05) is 26.4 Å². The molecule has 0 saturated heterocycles. The lowest BCUT2D eigenvalue weighted by Crippen LogP contribution is -2.35. The smallest absolute Gasteiger partial charge is 0.223 e. The van der Waals surface area contributed by atoms with Gasteiger partial charge in [-0.15, -0.1) is 0 Å². The molecule has 0 heterocycles. The Kier molecular flexibility index (Phi) is 6.52. The summed E-state index contributed by atoms with van der Waals surface area (Å²) in [5, 5.41) is 3.34. The number of rotatable bonds is 6. The highest BCUT2D eigenvalue weighted by molar-refractivity contribution is 6.33. The van der Waals surface area contributed by atoms with Crippen molar-refractivity contribution in [3.05, 3.63) is 29.3 Å². The van der Waals surface area contributed by atoms with E-state index in [1.807, 2.05) is 19.9 Å². The zero-order valence-electron chi connectivity index (χ0n) is 12.1. The van der Waals surface area contributed by atoms with Crippen molar-refractivity contribution < 1.29 is 9.59 Å². The molecule has 110 valence electrons. The van der Waals surface area contributed by atoms with Crippen molar-refractivity contribution >= 4 is 29.1 Å². The second kappa shape index (κ2) is 7.90. The van der Waals surface area contributed by atoms with E-state index in [-0.39, 0.29) is 18.2 Å². The van der Waals surface area contributed by atoms with Gasteiger partial charge < -0.3 is 10.2 Å². The number of carbonyl (C=O) groups is 2. The summed E-state index contributed by atoms with van der Waals surface area (Å²) in [4.78, 5) is 24.9. The fourth-order valence-electron chi connectivity index (χ4n) is 1.74. The molecule has 0 aliphatic carbocycles. The molecule has 5 heteroatoms. The standard InChI is InChI=1S/C15H21ClN2O2/c1-11(2)10-17-15(20)8-9-18(12(3)19)14-7-5-4-6-13(14)16/h4-7,11H,8-10H2,1-3H3,(H,17,20). The first-order chi connectivity index (χ1) is 9.41. The molecule has 0 fully saturated rings. The van der Waals surface area contributed by atoms with Crippen molar-refractivity contribution in [3.63, 3.8) is 0 Å². The highest BCUT2D eigenvalue weighted by atomic mass is 35.5. The summed E-state index contributed by atoms with van der Waals surface area (Å²) >= 11 is 6.09. The number of amides is 2. The molecule has 1 aromatic rings. The van der Waals surface area contributed by atoms with E-state index in [0.717, 1.165) is 0 Å². The van der Waals surface area contributed by atoms with E-state index in [9.17, 15) is 9.59 Å². The number of carbonyl (C=O) groups excluding carboxylic acids is 2. The summed E-state index contributed by atoms with van der Waals surface area (Å²) in [5.74, 6) is 0.221. The van der Waals surface area contributed by atoms with Crippen molar-refractivity contribution in [2.45, 2.75) is 27.2 Å². The first-order valence-electron chi connectivity index (χ1n) is 6.71. The molecular weight excluding hydrogens is 276 g/mol. The fourth-order valence-corrected chi connectivity index (χ4v) is 1.98. The first-order valence-corrected chi connectivity index (χ1v) is 7.09. The van der Waals surface area contributed by atoms with Crippen LogP contribution in [0.1, 0.15) is 27.2 Å². The first kappa shape index (κ1) is 16.5. The van der Waals surface area contributed by atoms with Gasteiger partial charge in [0.1, 0.15) is 0 Å². The number of para-hydroxylation sites is 1. The molecule has 1 N–H and O–H groups in total. The monoisotopic (exact) mass is 296 g/mol. The molecule has 1 aromatic carbocycles. The van der Waals surface area contributed by atoms with Crippen molar-refractivity contribution in [1.29, 1.82) is 0 Å². The molecule has 0 spiro atoms. The van der Waals surface area contributed by atoms with E-state index in [2.05, 4.69) is 5.32 Å². The minimum atomic E-state index is -0.130. The number of hydrogen-bond donors (Lipinski definition) is 1. The average molecular weight is 297 g/mol. The highest BCUT2D eigenvalue weighted by Gasteiger charge is 2.15. The van der Waals surface area contributed by atoms with Crippen molar-refractivity contribution in [2.75, 3.05) is 18.0 Å². The molecule has 0 bridgehead atoms. The molecule has 20 heavy (non-hydrogen) atoms. The van der Waals surface area contributed by atoms with Gasteiger partial charge in [-0.1, -0.05) is 37.6 Å². The largest absolute Gasteiger partial charge is 0.356 e. The lowest BCUT2D eigenvalue weighted by atomic mass is 10.2. The van der Waals surface area contributed by atoms with Gasteiger partial charge in [-0.3, -0.25) is 9.59 Å². The summed E-state index contributed by atoms with van der Waals surface area (Å²) in [6, 6.07) is 7.12. The Bertz CT molecular complexity index is 475. The van der Waals surface area contributed by atoms with E-state index in [1.54, 1.807) is 18.2 Å². The summed E-state index contributed by atoms with van der Waals surface area (Å²) < 4.78 is 0. The van der Waals surface area contributed by atoms with Crippen LogP contribution < -0.4 is 10.2 Å². The molecular formula is C15H21ClN2O2. The quantitative estimate of drug-likeness (QED) is 0.877.